The first kappa shape index (κ1) is 31.4. The minimum absolute atomic E-state index is 0.0307. The lowest BCUT2D eigenvalue weighted by atomic mass is 9.69. The number of fused-ring (bicyclic) bond motifs is 1. The molecule has 2 fully saturated rings. The van der Waals surface area contributed by atoms with Gasteiger partial charge in [0.1, 0.15) is 11.7 Å². The van der Waals surface area contributed by atoms with Gasteiger partial charge in [-0.15, -0.1) is 0 Å². The highest BCUT2D eigenvalue weighted by Crippen LogP contribution is 2.47. The van der Waals surface area contributed by atoms with Crippen molar-refractivity contribution < 1.29 is 42.7 Å². The highest BCUT2D eigenvalue weighted by atomic mass is 31.1. The summed E-state index contributed by atoms with van der Waals surface area (Å²) in [6, 6.07) is 0. The summed E-state index contributed by atoms with van der Waals surface area (Å²) in [7, 11) is 0.996. The predicted molar refractivity (Wildman–Crippen MR) is 136 cm³/mol. The molecular formula is C25H42FN2O8P. The maximum atomic E-state index is 15.8. The molecule has 0 bridgehead atoms. The third kappa shape index (κ3) is 6.98. The Balaban J connectivity index is 2.58. The molecule has 2 rings (SSSR count). The van der Waals surface area contributed by atoms with Crippen molar-refractivity contribution in [2.75, 3.05) is 7.11 Å². The van der Waals surface area contributed by atoms with E-state index in [1.54, 1.807) is 34.8 Å². The van der Waals surface area contributed by atoms with Crippen LogP contribution in [-0.4, -0.2) is 59.0 Å². The number of carbonyl (C=O) groups is 3. The highest BCUT2D eigenvalue weighted by Gasteiger charge is 2.63. The number of halogens is 1. The summed E-state index contributed by atoms with van der Waals surface area (Å²) in [4.78, 5) is 53.9. The molecule has 2 heterocycles. The van der Waals surface area contributed by atoms with Crippen molar-refractivity contribution in [3.05, 3.63) is 0 Å². The molecule has 0 aromatic carbocycles. The summed E-state index contributed by atoms with van der Waals surface area (Å²) in [5.74, 6) is -7.43. The lowest BCUT2D eigenvalue weighted by molar-refractivity contribution is -0.206. The van der Waals surface area contributed by atoms with Gasteiger partial charge in [0.05, 0.1) is 20.3 Å². The van der Waals surface area contributed by atoms with E-state index in [2.05, 4.69) is 5.16 Å². The summed E-state index contributed by atoms with van der Waals surface area (Å²) >= 11 is 0. The third-order valence-electron chi connectivity index (χ3n) is 7.72. The summed E-state index contributed by atoms with van der Waals surface area (Å²) in [6.45, 7) is 11.8. The third-order valence-corrected chi connectivity index (χ3v) is 8.19. The van der Waals surface area contributed by atoms with Crippen LogP contribution >= 0.6 is 8.81 Å². The number of nitrogens with two attached hydrogens (primary N) is 1. The number of esters is 2. The molecule has 0 aromatic heterocycles. The number of carbonyl (C=O) groups excluding carboxylic acids is 3. The monoisotopic (exact) mass is 548 g/mol. The maximum Gasteiger partial charge on any atom is 0.318 e. The Morgan fingerprint density at radius 1 is 1.16 bits per heavy atom. The zero-order valence-corrected chi connectivity index (χ0v) is 23.9. The van der Waals surface area contributed by atoms with E-state index in [1.165, 1.54) is 6.92 Å². The Morgan fingerprint density at radius 3 is 2.35 bits per heavy atom. The normalized spacial score (nSPS) is 41.6. The van der Waals surface area contributed by atoms with Gasteiger partial charge in [-0.25, -0.2) is 0 Å². The van der Waals surface area contributed by atoms with Gasteiger partial charge in [0, 0.05) is 24.9 Å². The number of amidine groups is 1. The average molecular weight is 549 g/mol. The molecule has 2 aliphatic heterocycles. The number of hydrogen-bond donors (Lipinski definition) is 2. The van der Waals surface area contributed by atoms with Crippen molar-refractivity contribution in [2.45, 2.75) is 91.1 Å². The van der Waals surface area contributed by atoms with Crippen LogP contribution in [0.25, 0.3) is 0 Å². The number of Topliss-reactive ketones (excluding diaryl/α,β-unsaturated/α-hetero) is 1. The molecular weight excluding hydrogens is 506 g/mol. The van der Waals surface area contributed by atoms with E-state index in [-0.39, 0.29) is 17.5 Å². The molecule has 0 radical (unpaired) electrons. The zero-order valence-electron chi connectivity index (χ0n) is 22.9. The molecule has 12 heteroatoms. The topological polar surface area (TPSA) is 147 Å². The number of cyclic esters (lactones) is 1. The maximum absolute atomic E-state index is 15.8. The Labute approximate surface area is 220 Å². The lowest BCUT2D eigenvalue weighted by Crippen LogP contribution is -2.52. The molecule has 37 heavy (non-hydrogen) atoms. The molecule has 0 aromatic rings. The van der Waals surface area contributed by atoms with Gasteiger partial charge in [-0.3, -0.25) is 14.4 Å². The second kappa shape index (κ2) is 12.3. The van der Waals surface area contributed by atoms with Gasteiger partial charge >= 0.3 is 11.9 Å². The summed E-state index contributed by atoms with van der Waals surface area (Å²) in [6.07, 6.45) is -0.953. The summed E-state index contributed by atoms with van der Waals surface area (Å²) in [5.41, 5.74) is 3.45. The number of nitrogens with zero attached hydrogens (tertiary/aromatic N) is 1. The molecule has 0 spiro atoms. The van der Waals surface area contributed by atoms with Crippen molar-refractivity contribution >= 4 is 32.4 Å². The van der Waals surface area contributed by atoms with Crippen LogP contribution in [0.1, 0.15) is 67.7 Å². The minimum Gasteiger partial charge on any atom is -0.451 e. The SMILES string of the molecule is CO[C@@]1(C)C[C@@H](C)C[C@@H](C)C(=O)O[C@@H](F)[C@]2(C)OC(=O)[C@@H](/C(N)=N/OC(C)PO)[C@@H]2[C@@H](C)C(=O)[C@H](C)C1. The number of alkyl halides is 1. The van der Waals surface area contributed by atoms with Gasteiger partial charge < -0.3 is 29.7 Å². The number of ketones is 1. The highest BCUT2D eigenvalue weighted by molar-refractivity contribution is 7.31. The fraction of sp³-hybridized carbons (Fsp3) is 0.840. The van der Waals surface area contributed by atoms with Crippen molar-refractivity contribution in [2.24, 2.45) is 46.4 Å². The number of rotatable bonds is 5. The molecule has 0 saturated carbocycles. The van der Waals surface area contributed by atoms with Gasteiger partial charge in [0.25, 0.3) is 6.36 Å². The Kier molecular flexibility index (Phi) is 10.5. The number of methoxy groups -OCH3 is 1. The van der Waals surface area contributed by atoms with Crippen molar-refractivity contribution in [1.29, 1.82) is 0 Å². The van der Waals surface area contributed by atoms with Gasteiger partial charge in [-0.1, -0.05) is 32.9 Å². The number of oxime groups is 1. The molecule has 2 aliphatic rings. The molecule has 2 saturated heterocycles. The first-order valence-corrected chi connectivity index (χ1v) is 13.7. The minimum atomic E-state index is -2.35. The van der Waals surface area contributed by atoms with Crippen LogP contribution in [0.3, 0.4) is 0 Å². The molecule has 212 valence electrons. The second-order valence-electron chi connectivity index (χ2n) is 11.2. The van der Waals surface area contributed by atoms with Gasteiger partial charge in [0.15, 0.2) is 17.3 Å². The fourth-order valence-electron chi connectivity index (χ4n) is 5.81. The van der Waals surface area contributed by atoms with Gasteiger partial charge in [-0.2, -0.15) is 4.39 Å². The number of hydrogen-bond acceptors (Lipinski definition) is 9. The first-order valence-electron chi connectivity index (χ1n) is 12.6. The summed E-state index contributed by atoms with van der Waals surface area (Å²) < 4.78 is 32.2. The Morgan fingerprint density at radius 2 is 1.78 bits per heavy atom. The van der Waals surface area contributed by atoms with E-state index in [4.69, 9.17) is 24.8 Å². The molecule has 3 N–H and O–H groups in total. The van der Waals surface area contributed by atoms with E-state index >= 15 is 4.39 Å². The van der Waals surface area contributed by atoms with E-state index in [0.29, 0.717) is 19.3 Å². The van der Waals surface area contributed by atoms with Crippen LogP contribution in [0.5, 0.6) is 0 Å². The van der Waals surface area contributed by atoms with E-state index in [0.717, 1.165) is 0 Å². The average Bonchev–Trinajstić information content (AvgIpc) is 3.11. The molecule has 2 unspecified atom stereocenters. The fourth-order valence-corrected chi connectivity index (χ4v) is 5.91. The standard InChI is InChI=1S/C25H42FN2O8P/c1-12-9-13(2)21(30)34-23(26)25(7)18(15(4)19(29)14(3)11-24(6,10-12)33-8)17(22(31)35-25)20(27)28-36-16(5)37-32/h12-18,23,32,37H,9-11H2,1-8H3,(H2,27,28)/t12-,13+,14+,15+,16?,17+,18-,23+,24-,25+/m0/s1. The van der Waals surface area contributed by atoms with Crippen molar-refractivity contribution in [3.8, 4) is 0 Å². The van der Waals surface area contributed by atoms with Gasteiger partial charge in [0.2, 0.25) is 0 Å². The molecule has 0 amide bonds. The largest absolute Gasteiger partial charge is 0.451 e. The zero-order chi connectivity index (χ0) is 28.3. The number of ether oxygens (including phenoxy) is 3. The lowest BCUT2D eigenvalue weighted by Gasteiger charge is -2.39. The quantitative estimate of drug-likeness (QED) is 0.174. The summed E-state index contributed by atoms with van der Waals surface area (Å²) in [5, 5.41) is 3.76. The van der Waals surface area contributed by atoms with Crippen LogP contribution in [-0.2, 0) is 33.4 Å². The van der Waals surface area contributed by atoms with E-state index < -0.39 is 73.7 Å². The second-order valence-corrected chi connectivity index (χ2v) is 12.2. The molecule has 10 nitrogen and oxygen atoms in total. The Hall–Kier alpha value is -1.84. The van der Waals surface area contributed by atoms with Crippen LogP contribution in [0.4, 0.5) is 4.39 Å². The van der Waals surface area contributed by atoms with Crippen LogP contribution in [0.2, 0.25) is 0 Å². The van der Waals surface area contributed by atoms with E-state index in [9.17, 15) is 19.3 Å². The van der Waals surface area contributed by atoms with Crippen LogP contribution < -0.4 is 5.73 Å². The first-order chi connectivity index (χ1) is 17.1. The van der Waals surface area contributed by atoms with Gasteiger partial charge in [-0.05, 0) is 46.0 Å². The van der Waals surface area contributed by atoms with Crippen LogP contribution in [0.15, 0.2) is 5.16 Å². The van der Waals surface area contributed by atoms with Crippen LogP contribution in [0, 0.1) is 35.5 Å². The smallest absolute Gasteiger partial charge is 0.318 e. The van der Waals surface area contributed by atoms with E-state index in [1.807, 2.05) is 13.8 Å². The predicted octanol–water partition coefficient (Wildman–Crippen LogP) is 3.30. The van der Waals surface area contributed by atoms with Crippen molar-refractivity contribution in [1.82, 2.24) is 0 Å². The molecule has 11 atom stereocenters. The molecule has 0 aliphatic carbocycles. The Bertz CT molecular complexity index is 891. The van der Waals surface area contributed by atoms with Crippen molar-refractivity contribution in [3.63, 3.8) is 0 Å².